The Labute approximate surface area is 146 Å². The van der Waals surface area contributed by atoms with Gasteiger partial charge in [0.05, 0.1) is 19.4 Å². The summed E-state index contributed by atoms with van der Waals surface area (Å²) in [4.78, 5) is 14.4. The Bertz CT molecular complexity index is 710. The Morgan fingerprint density at radius 2 is 2.28 bits per heavy atom. The molecule has 0 spiro atoms. The molecule has 2 amide bonds. The third-order valence-corrected chi connectivity index (χ3v) is 4.01. The van der Waals surface area contributed by atoms with Crippen LogP contribution in [-0.4, -0.2) is 50.7 Å². The molecule has 3 rings (SSSR count). The van der Waals surface area contributed by atoms with Crippen molar-refractivity contribution in [2.45, 2.75) is 45.7 Å². The molecule has 2 aromatic heterocycles. The second-order valence-corrected chi connectivity index (χ2v) is 6.29. The maximum Gasteiger partial charge on any atom is 0.323 e. The van der Waals surface area contributed by atoms with E-state index in [1.807, 2.05) is 13.8 Å². The minimum atomic E-state index is -0.392. The maximum atomic E-state index is 12.8. The molecular weight excluding hydrogens is 324 g/mol. The standard InChI is InChI=1S/C16H24N6O3/c1-4-7-22-13(5-6-17-22)18-16(23)21-8-9-24-10-12(21)15-20-19-14(25-15)11(2)3/h5-6,11-12H,4,7-10H2,1-3H3,(H,18,23)/t12-/m0/s1. The van der Waals surface area contributed by atoms with E-state index in [0.29, 0.717) is 37.4 Å². The average molecular weight is 348 g/mol. The molecule has 1 N–H and O–H groups in total. The summed E-state index contributed by atoms with van der Waals surface area (Å²) < 4.78 is 13.0. The minimum absolute atomic E-state index is 0.136. The van der Waals surface area contributed by atoms with E-state index in [2.05, 4.69) is 27.5 Å². The first-order chi connectivity index (χ1) is 12.1. The van der Waals surface area contributed by atoms with Gasteiger partial charge in [0.25, 0.3) is 0 Å². The third-order valence-electron chi connectivity index (χ3n) is 4.01. The number of hydrogen-bond acceptors (Lipinski definition) is 6. The van der Waals surface area contributed by atoms with Crippen LogP contribution in [0.15, 0.2) is 16.7 Å². The first-order valence-corrected chi connectivity index (χ1v) is 8.60. The minimum Gasteiger partial charge on any atom is -0.423 e. The Balaban J connectivity index is 1.75. The number of aromatic nitrogens is 4. The van der Waals surface area contributed by atoms with Crippen LogP contribution in [0.5, 0.6) is 0 Å². The smallest absolute Gasteiger partial charge is 0.323 e. The van der Waals surface area contributed by atoms with Gasteiger partial charge in [0.2, 0.25) is 11.8 Å². The molecule has 25 heavy (non-hydrogen) atoms. The molecule has 1 atom stereocenters. The zero-order valence-corrected chi connectivity index (χ0v) is 14.8. The Morgan fingerprint density at radius 1 is 1.44 bits per heavy atom. The van der Waals surface area contributed by atoms with Crippen LogP contribution in [-0.2, 0) is 11.3 Å². The predicted octanol–water partition coefficient (Wildman–Crippen LogP) is 2.40. The van der Waals surface area contributed by atoms with Crippen molar-refractivity contribution < 1.29 is 13.9 Å². The van der Waals surface area contributed by atoms with E-state index in [0.717, 1.165) is 13.0 Å². The van der Waals surface area contributed by atoms with Crippen LogP contribution in [0, 0.1) is 0 Å². The summed E-state index contributed by atoms with van der Waals surface area (Å²) >= 11 is 0. The van der Waals surface area contributed by atoms with Crippen molar-refractivity contribution >= 4 is 11.8 Å². The lowest BCUT2D eigenvalue weighted by atomic mass is 10.2. The predicted molar refractivity (Wildman–Crippen MR) is 90.2 cm³/mol. The highest BCUT2D eigenvalue weighted by atomic mass is 16.5. The van der Waals surface area contributed by atoms with Crippen molar-refractivity contribution in [3.8, 4) is 0 Å². The Hall–Kier alpha value is -2.42. The molecule has 9 heteroatoms. The second-order valence-electron chi connectivity index (χ2n) is 6.29. The van der Waals surface area contributed by atoms with E-state index in [9.17, 15) is 4.79 Å². The van der Waals surface area contributed by atoms with Crippen molar-refractivity contribution in [2.24, 2.45) is 0 Å². The van der Waals surface area contributed by atoms with Crippen LogP contribution in [0.4, 0.5) is 10.6 Å². The molecule has 1 saturated heterocycles. The molecule has 0 aromatic carbocycles. The number of rotatable bonds is 5. The number of carbonyl (C=O) groups is 1. The summed E-state index contributed by atoms with van der Waals surface area (Å²) in [6.45, 7) is 8.04. The van der Waals surface area contributed by atoms with Gasteiger partial charge in [0, 0.05) is 25.1 Å². The summed E-state index contributed by atoms with van der Waals surface area (Å²) in [5.41, 5.74) is 0. The van der Waals surface area contributed by atoms with Crippen LogP contribution < -0.4 is 5.32 Å². The van der Waals surface area contributed by atoms with Crippen molar-refractivity contribution in [3.63, 3.8) is 0 Å². The van der Waals surface area contributed by atoms with Crippen LogP contribution in [0.2, 0.25) is 0 Å². The summed E-state index contributed by atoms with van der Waals surface area (Å²) in [7, 11) is 0. The molecule has 0 saturated carbocycles. The topological polar surface area (TPSA) is 98.3 Å². The monoisotopic (exact) mass is 348 g/mol. The summed E-state index contributed by atoms with van der Waals surface area (Å²) in [5.74, 6) is 1.77. The van der Waals surface area contributed by atoms with Gasteiger partial charge in [0.15, 0.2) is 0 Å². The number of hydrogen-bond donors (Lipinski definition) is 1. The molecule has 2 aromatic rings. The highest BCUT2D eigenvalue weighted by Gasteiger charge is 2.33. The van der Waals surface area contributed by atoms with Gasteiger partial charge in [-0.25, -0.2) is 9.48 Å². The fourth-order valence-electron chi connectivity index (χ4n) is 2.68. The van der Waals surface area contributed by atoms with E-state index in [1.54, 1.807) is 21.8 Å². The number of morpholine rings is 1. The second kappa shape index (κ2) is 7.64. The van der Waals surface area contributed by atoms with Crippen LogP contribution in [0.1, 0.15) is 50.9 Å². The summed E-state index contributed by atoms with van der Waals surface area (Å²) in [6.07, 6.45) is 2.61. The highest BCUT2D eigenvalue weighted by Crippen LogP contribution is 2.25. The quantitative estimate of drug-likeness (QED) is 0.891. The molecule has 0 bridgehead atoms. The molecule has 0 aliphatic carbocycles. The molecule has 0 radical (unpaired) electrons. The van der Waals surface area contributed by atoms with Gasteiger partial charge in [-0.3, -0.25) is 5.32 Å². The number of anilines is 1. The average Bonchev–Trinajstić information content (AvgIpc) is 3.25. The van der Waals surface area contributed by atoms with E-state index in [-0.39, 0.29) is 11.9 Å². The zero-order valence-electron chi connectivity index (χ0n) is 14.8. The molecule has 1 fully saturated rings. The molecule has 1 aliphatic heterocycles. The molecule has 3 heterocycles. The summed E-state index contributed by atoms with van der Waals surface area (Å²) in [6, 6.07) is 1.17. The van der Waals surface area contributed by atoms with Gasteiger partial charge < -0.3 is 14.1 Å². The van der Waals surface area contributed by atoms with Crippen LogP contribution in [0.25, 0.3) is 0 Å². The van der Waals surface area contributed by atoms with Gasteiger partial charge in [-0.2, -0.15) is 5.10 Å². The van der Waals surface area contributed by atoms with Gasteiger partial charge in [0.1, 0.15) is 11.9 Å². The SMILES string of the molecule is CCCn1nccc1NC(=O)N1CCOC[C@H]1c1nnc(C(C)C)o1. The van der Waals surface area contributed by atoms with Crippen molar-refractivity contribution in [3.05, 3.63) is 24.0 Å². The number of nitrogens with zero attached hydrogens (tertiary/aromatic N) is 5. The van der Waals surface area contributed by atoms with E-state index < -0.39 is 6.04 Å². The van der Waals surface area contributed by atoms with Gasteiger partial charge in [-0.15, -0.1) is 10.2 Å². The summed E-state index contributed by atoms with van der Waals surface area (Å²) in [5, 5.41) is 15.3. The van der Waals surface area contributed by atoms with Gasteiger partial charge in [-0.1, -0.05) is 20.8 Å². The number of amides is 2. The molecule has 0 unspecified atom stereocenters. The lowest BCUT2D eigenvalue weighted by Crippen LogP contribution is -2.45. The fourth-order valence-corrected chi connectivity index (χ4v) is 2.68. The first-order valence-electron chi connectivity index (χ1n) is 8.60. The lowest BCUT2D eigenvalue weighted by molar-refractivity contribution is 0.00490. The Morgan fingerprint density at radius 3 is 3.00 bits per heavy atom. The van der Waals surface area contributed by atoms with Gasteiger partial charge >= 0.3 is 6.03 Å². The van der Waals surface area contributed by atoms with E-state index in [4.69, 9.17) is 9.15 Å². The van der Waals surface area contributed by atoms with Crippen molar-refractivity contribution in [1.82, 2.24) is 24.9 Å². The highest BCUT2D eigenvalue weighted by molar-refractivity contribution is 5.88. The third kappa shape index (κ3) is 3.81. The lowest BCUT2D eigenvalue weighted by Gasteiger charge is -2.33. The Kier molecular flexibility index (Phi) is 5.32. The maximum absolute atomic E-state index is 12.8. The van der Waals surface area contributed by atoms with Gasteiger partial charge in [-0.05, 0) is 6.42 Å². The van der Waals surface area contributed by atoms with E-state index in [1.165, 1.54) is 0 Å². The van der Waals surface area contributed by atoms with E-state index >= 15 is 0 Å². The molecule has 1 aliphatic rings. The molecular formula is C16H24N6O3. The normalized spacial score (nSPS) is 17.9. The number of carbonyl (C=O) groups excluding carboxylic acids is 1. The number of nitrogens with one attached hydrogen (secondary N) is 1. The van der Waals surface area contributed by atoms with Crippen LogP contribution in [0.3, 0.4) is 0 Å². The van der Waals surface area contributed by atoms with Crippen molar-refractivity contribution in [1.29, 1.82) is 0 Å². The largest absolute Gasteiger partial charge is 0.423 e. The molecule has 9 nitrogen and oxygen atoms in total. The first kappa shape index (κ1) is 17.4. The van der Waals surface area contributed by atoms with Crippen molar-refractivity contribution in [2.75, 3.05) is 25.1 Å². The van der Waals surface area contributed by atoms with Crippen LogP contribution >= 0.6 is 0 Å². The zero-order chi connectivity index (χ0) is 17.8. The number of ether oxygens (including phenoxy) is 1. The number of aryl methyl sites for hydroxylation is 1. The molecule has 136 valence electrons. The fraction of sp³-hybridized carbons (Fsp3) is 0.625. The number of urea groups is 1.